The highest BCUT2D eigenvalue weighted by Gasteiger charge is 2.22. The first kappa shape index (κ1) is 11.6. The van der Waals surface area contributed by atoms with Crippen molar-refractivity contribution in [3.63, 3.8) is 0 Å². The summed E-state index contributed by atoms with van der Waals surface area (Å²) in [6.45, 7) is 4.33. The molecule has 1 rings (SSSR count). The van der Waals surface area contributed by atoms with Crippen LogP contribution in [0.15, 0.2) is 0 Å². The van der Waals surface area contributed by atoms with Gasteiger partial charge in [0.2, 0.25) is 0 Å². The predicted molar refractivity (Wildman–Crippen MR) is 62.1 cm³/mol. The maximum atomic E-state index is 5.39. The van der Waals surface area contributed by atoms with Crippen molar-refractivity contribution in [3.8, 4) is 12.3 Å². The second-order valence-electron chi connectivity index (χ2n) is 4.47. The van der Waals surface area contributed by atoms with Crippen molar-refractivity contribution in [1.82, 2.24) is 5.32 Å². The van der Waals surface area contributed by atoms with Gasteiger partial charge in [-0.1, -0.05) is 32.1 Å². The molecule has 2 atom stereocenters. The van der Waals surface area contributed by atoms with Crippen molar-refractivity contribution < 1.29 is 0 Å². The van der Waals surface area contributed by atoms with Crippen LogP contribution in [0.3, 0.4) is 0 Å². The normalized spacial score (nSPS) is 22.6. The summed E-state index contributed by atoms with van der Waals surface area (Å²) in [6.07, 6.45) is 13.6. The van der Waals surface area contributed by atoms with Crippen LogP contribution in [-0.4, -0.2) is 12.1 Å². The molecule has 0 radical (unpaired) electrons. The Hall–Kier alpha value is -0.480. The third-order valence-corrected chi connectivity index (χ3v) is 3.37. The molecule has 0 bridgehead atoms. The molecule has 0 aliphatic heterocycles. The van der Waals surface area contributed by atoms with Crippen LogP contribution in [-0.2, 0) is 0 Å². The van der Waals surface area contributed by atoms with Crippen molar-refractivity contribution >= 4 is 0 Å². The zero-order valence-corrected chi connectivity index (χ0v) is 9.55. The highest BCUT2D eigenvalue weighted by molar-refractivity contribution is 4.97. The van der Waals surface area contributed by atoms with E-state index in [0.717, 1.165) is 5.92 Å². The molecule has 1 saturated carbocycles. The van der Waals surface area contributed by atoms with Gasteiger partial charge in [-0.15, -0.1) is 6.42 Å². The Labute approximate surface area is 88.7 Å². The topological polar surface area (TPSA) is 12.0 Å². The van der Waals surface area contributed by atoms with Crippen LogP contribution in [0, 0.1) is 18.3 Å². The molecule has 1 fully saturated rings. The van der Waals surface area contributed by atoms with Gasteiger partial charge in [0.15, 0.2) is 0 Å². The minimum Gasteiger partial charge on any atom is -0.301 e. The summed E-state index contributed by atoms with van der Waals surface area (Å²) < 4.78 is 0. The van der Waals surface area contributed by atoms with E-state index in [2.05, 4.69) is 25.1 Å². The van der Waals surface area contributed by atoms with E-state index in [0.29, 0.717) is 6.04 Å². The van der Waals surface area contributed by atoms with Gasteiger partial charge in [-0.2, -0.15) is 0 Å². The first-order valence-electron chi connectivity index (χ1n) is 6.00. The maximum absolute atomic E-state index is 5.39. The van der Waals surface area contributed by atoms with Gasteiger partial charge in [0.05, 0.1) is 6.04 Å². The molecule has 0 aromatic heterocycles. The van der Waals surface area contributed by atoms with Gasteiger partial charge in [-0.25, -0.2) is 0 Å². The molecular weight excluding hydrogens is 170 g/mol. The Bertz CT molecular complexity index is 186. The van der Waals surface area contributed by atoms with E-state index >= 15 is 0 Å². The first-order chi connectivity index (χ1) is 6.77. The average molecular weight is 193 g/mol. The minimum absolute atomic E-state index is 0.224. The Morgan fingerprint density at radius 3 is 2.50 bits per heavy atom. The van der Waals surface area contributed by atoms with Gasteiger partial charge in [0, 0.05) is 6.04 Å². The number of nitrogens with one attached hydrogen (secondary N) is 1. The molecule has 1 nitrogen and oxygen atoms in total. The van der Waals surface area contributed by atoms with E-state index in [9.17, 15) is 0 Å². The number of hydrogen-bond donors (Lipinski definition) is 1. The lowest BCUT2D eigenvalue weighted by molar-refractivity contribution is 0.258. The van der Waals surface area contributed by atoms with Gasteiger partial charge < -0.3 is 5.32 Å². The Kier molecular flexibility index (Phi) is 5.04. The summed E-state index contributed by atoms with van der Waals surface area (Å²) in [7, 11) is 0. The summed E-state index contributed by atoms with van der Waals surface area (Å²) in [5.74, 6) is 3.62. The predicted octanol–water partition coefficient (Wildman–Crippen LogP) is 2.96. The fraction of sp³-hybridized carbons (Fsp3) is 0.846. The second kappa shape index (κ2) is 6.09. The van der Waals surface area contributed by atoms with Crippen molar-refractivity contribution in [2.75, 3.05) is 0 Å². The lowest BCUT2D eigenvalue weighted by Gasteiger charge is -2.31. The molecule has 1 aliphatic carbocycles. The van der Waals surface area contributed by atoms with E-state index in [1.807, 2.05) is 0 Å². The van der Waals surface area contributed by atoms with Crippen LogP contribution in [0.4, 0.5) is 0 Å². The van der Waals surface area contributed by atoms with Gasteiger partial charge in [-0.05, 0) is 32.1 Å². The highest BCUT2D eigenvalue weighted by Crippen LogP contribution is 2.27. The van der Waals surface area contributed by atoms with Crippen LogP contribution in [0.5, 0.6) is 0 Å². The molecule has 1 N–H and O–H groups in total. The number of terminal acetylenes is 1. The Balaban J connectivity index is 2.40. The molecule has 0 amide bonds. The van der Waals surface area contributed by atoms with Crippen molar-refractivity contribution in [3.05, 3.63) is 0 Å². The smallest absolute Gasteiger partial charge is 0.0660 e. The van der Waals surface area contributed by atoms with Crippen molar-refractivity contribution in [2.45, 2.75) is 64.5 Å². The van der Waals surface area contributed by atoms with Crippen molar-refractivity contribution in [2.24, 2.45) is 5.92 Å². The molecular formula is C13H23N. The zero-order valence-electron chi connectivity index (χ0n) is 9.55. The zero-order chi connectivity index (χ0) is 10.4. The number of hydrogen-bond acceptors (Lipinski definition) is 1. The average Bonchev–Trinajstić information content (AvgIpc) is 2.26. The molecule has 1 heteroatoms. The van der Waals surface area contributed by atoms with Gasteiger partial charge in [-0.3, -0.25) is 0 Å². The molecule has 0 saturated heterocycles. The van der Waals surface area contributed by atoms with Crippen LogP contribution in [0.1, 0.15) is 52.4 Å². The molecule has 2 unspecified atom stereocenters. The number of rotatable bonds is 4. The lowest BCUT2D eigenvalue weighted by Crippen LogP contribution is -2.41. The van der Waals surface area contributed by atoms with Crippen LogP contribution in [0.25, 0.3) is 0 Å². The molecule has 1 aliphatic rings. The monoisotopic (exact) mass is 193 g/mol. The summed E-state index contributed by atoms with van der Waals surface area (Å²) >= 11 is 0. The van der Waals surface area contributed by atoms with Crippen molar-refractivity contribution in [1.29, 1.82) is 0 Å². The Morgan fingerprint density at radius 2 is 2.00 bits per heavy atom. The molecule has 0 heterocycles. The molecule has 0 spiro atoms. The first-order valence-corrected chi connectivity index (χ1v) is 6.00. The Morgan fingerprint density at radius 1 is 1.36 bits per heavy atom. The molecule has 0 aromatic rings. The quantitative estimate of drug-likeness (QED) is 0.677. The highest BCUT2D eigenvalue weighted by atomic mass is 14.9. The molecule has 80 valence electrons. The molecule has 14 heavy (non-hydrogen) atoms. The third-order valence-electron chi connectivity index (χ3n) is 3.37. The maximum Gasteiger partial charge on any atom is 0.0660 e. The summed E-state index contributed by atoms with van der Waals surface area (Å²) in [5.41, 5.74) is 0. The van der Waals surface area contributed by atoms with Gasteiger partial charge in [0.1, 0.15) is 0 Å². The third kappa shape index (κ3) is 3.35. The standard InChI is InChI=1S/C13H23N/c1-4-11(3)14-13(5-2)12-9-7-6-8-10-12/h1,11-14H,5-10H2,2-3H3. The summed E-state index contributed by atoms with van der Waals surface area (Å²) in [6, 6.07) is 0.864. The summed E-state index contributed by atoms with van der Waals surface area (Å²) in [4.78, 5) is 0. The summed E-state index contributed by atoms with van der Waals surface area (Å²) in [5, 5.41) is 3.55. The van der Waals surface area contributed by atoms with E-state index in [4.69, 9.17) is 6.42 Å². The largest absolute Gasteiger partial charge is 0.301 e. The van der Waals surface area contributed by atoms with Crippen LogP contribution >= 0.6 is 0 Å². The van der Waals surface area contributed by atoms with Gasteiger partial charge >= 0.3 is 0 Å². The second-order valence-corrected chi connectivity index (χ2v) is 4.47. The molecule has 0 aromatic carbocycles. The fourth-order valence-corrected chi connectivity index (χ4v) is 2.49. The van der Waals surface area contributed by atoms with E-state index in [-0.39, 0.29) is 6.04 Å². The minimum atomic E-state index is 0.224. The van der Waals surface area contributed by atoms with E-state index in [1.165, 1.54) is 38.5 Å². The lowest BCUT2D eigenvalue weighted by atomic mass is 9.82. The van der Waals surface area contributed by atoms with Gasteiger partial charge in [0.25, 0.3) is 0 Å². The fourth-order valence-electron chi connectivity index (χ4n) is 2.49. The van der Waals surface area contributed by atoms with Crippen LogP contribution < -0.4 is 5.32 Å². The van der Waals surface area contributed by atoms with E-state index < -0.39 is 0 Å². The van der Waals surface area contributed by atoms with E-state index in [1.54, 1.807) is 0 Å². The SMILES string of the molecule is C#CC(C)NC(CC)C1CCCCC1. The van der Waals surface area contributed by atoms with Crippen LogP contribution in [0.2, 0.25) is 0 Å².